The molecule has 2 aliphatic rings. The first-order chi connectivity index (χ1) is 11.5. The molecule has 2 aliphatic heterocycles. The third-order valence-corrected chi connectivity index (χ3v) is 5.81. The molecule has 2 fully saturated rings. The van der Waals surface area contributed by atoms with E-state index in [1.807, 2.05) is 13.8 Å². The molecule has 0 spiro atoms. The van der Waals surface area contributed by atoms with E-state index in [0.717, 1.165) is 0 Å². The second-order valence-electron chi connectivity index (χ2n) is 6.30. The predicted octanol–water partition coefficient (Wildman–Crippen LogP) is -0.684. The molecule has 3 atom stereocenters. The average Bonchev–Trinajstić information content (AvgIpc) is 3.24. The smallest absolute Gasteiger partial charge is 0.249 e. The lowest BCUT2D eigenvalue weighted by Crippen LogP contribution is -2.68. The number of rotatable bonds is 4. The summed E-state index contributed by atoms with van der Waals surface area (Å²) in [5.41, 5.74) is 0. The van der Waals surface area contributed by atoms with Crippen LogP contribution in [0.1, 0.15) is 25.7 Å². The Morgan fingerprint density at radius 3 is 3.00 bits per heavy atom. The van der Waals surface area contributed by atoms with Gasteiger partial charge in [-0.15, -0.1) is 16.9 Å². The Hall–Kier alpha value is -2.43. The van der Waals surface area contributed by atoms with E-state index < -0.39 is 6.04 Å². The largest absolute Gasteiger partial charge is 0.340 e. The Labute approximate surface area is 141 Å². The lowest BCUT2D eigenvalue weighted by atomic mass is 9.95. The predicted molar refractivity (Wildman–Crippen MR) is 83.4 cm³/mol. The van der Waals surface area contributed by atoms with Crippen LogP contribution < -0.4 is 5.32 Å². The van der Waals surface area contributed by atoms with Crippen molar-refractivity contribution >= 4 is 23.6 Å². The molecule has 0 saturated carbocycles. The number of tetrazole rings is 1. The number of hydrogen-bond acceptors (Lipinski definition) is 7. The number of H-pyrrole nitrogens is 1. The second-order valence-corrected chi connectivity index (χ2v) is 8.07. The van der Waals surface area contributed by atoms with Gasteiger partial charge in [0.25, 0.3) is 0 Å². The highest BCUT2D eigenvalue weighted by Crippen LogP contribution is 2.56. The van der Waals surface area contributed by atoms with Crippen molar-refractivity contribution in [1.29, 1.82) is 0 Å². The zero-order valence-electron chi connectivity index (χ0n) is 13.1. The van der Waals surface area contributed by atoms with E-state index in [1.54, 1.807) is 35.1 Å². The fraction of sp³-hybridized carbons (Fsp3) is 0.538. The summed E-state index contributed by atoms with van der Waals surface area (Å²) in [5, 5.41) is 20.6. The molecule has 0 radical (unpaired) electrons. The Morgan fingerprint density at radius 2 is 2.33 bits per heavy atom. The zero-order valence-corrected chi connectivity index (χ0v) is 13.9. The Kier molecular flexibility index (Phi) is 3.34. The van der Waals surface area contributed by atoms with Crippen molar-refractivity contribution in [2.45, 2.75) is 42.6 Å². The highest BCUT2D eigenvalue weighted by atomic mass is 32.2. The minimum Gasteiger partial charge on any atom is -0.340 e. The van der Waals surface area contributed by atoms with Gasteiger partial charge in [-0.05, 0) is 30.3 Å². The number of carbonyl (C=O) groups is 2. The number of β-lactam (4-membered cyclic amide) rings is 1. The van der Waals surface area contributed by atoms with Crippen molar-refractivity contribution in [3.05, 3.63) is 24.3 Å². The molecule has 24 heavy (non-hydrogen) atoms. The molecule has 4 heterocycles. The maximum atomic E-state index is 12.6. The van der Waals surface area contributed by atoms with Gasteiger partial charge < -0.3 is 10.2 Å². The van der Waals surface area contributed by atoms with E-state index in [0.29, 0.717) is 5.82 Å². The van der Waals surface area contributed by atoms with Crippen molar-refractivity contribution in [3.8, 4) is 0 Å². The van der Waals surface area contributed by atoms with Gasteiger partial charge in [0.2, 0.25) is 11.8 Å². The number of carbonyl (C=O) groups excluding carboxylic acids is 2. The van der Waals surface area contributed by atoms with Gasteiger partial charge in [-0.1, -0.05) is 0 Å². The SMILES string of the molecule is CC1(C)S[C@@H]2C(NC(=O)Cn3cccn3)C(=O)N2C1c1nnn[nH]1. The third kappa shape index (κ3) is 2.27. The summed E-state index contributed by atoms with van der Waals surface area (Å²) in [4.78, 5) is 26.4. The number of nitrogens with one attached hydrogen (secondary N) is 2. The molecule has 0 bridgehead atoms. The van der Waals surface area contributed by atoms with Gasteiger partial charge in [0.05, 0.1) is 0 Å². The molecular weight excluding hydrogens is 332 g/mol. The number of nitrogens with zero attached hydrogens (tertiary/aromatic N) is 6. The van der Waals surface area contributed by atoms with Crippen LogP contribution in [0.2, 0.25) is 0 Å². The normalized spacial score (nSPS) is 27.7. The number of thioether (sulfide) groups is 1. The van der Waals surface area contributed by atoms with Gasteiger partial charge in [-0.25, -0.2) is 5.10 Å². The van der Waals surface area contributed by atoms with E-state index in [2.05, 4.69) is 31.0 Å². The summed E-state index contributed by atoms with van der Waals surface area (Å²) in [6.07, 6.45) is 3.31. The average molecular weight is 348 g/mol. The number of aromatic amines is 1. The van der Waals surface area contributed by atoms with Crippen LogP contribution >= 0.6 is 11.8 Å². The van der Waals surface area contributed by atoms with Crippen LogP contribution in [0.25, 0.3) is 0 Å². The molecule has 10 nitrogen and oxygen atoms in total. The molecule has 2 saturated heterocycles. The van der Waals surface area contributed by atoms with Gasteiger partial charge in [-0.3, -0.25) is 14.3 Å². The minimum atomic E-state index is -0.529. The Bertz CT molecular complexity index is 759. The molecule has 2 aromatic heterocycles. The topological polar surface area (TPSA) is 122 Å². The summed E-state index contributed by atoms with van der Waals surface area (Å²) >= 11 is 1.64. The van der Waals surface area contributed by atoms with Crippen molar-refractivity contribution < 1.29 is 9.59 Å². The Morgan fingerprint density at radius 1 is 1.50 bits per heavy atom. The van der Waals surface area contributed by atoms with Gasteiger partial charge >= 0.3 is 0 Å². The van der Waals surface area contributed by atoms with Gasteiger partial charge in [-0.2, -0.15) is 5.10 Å². The van der Waals surface area contributed by atoms with Crippen LogP contribution in [0.5, 0.6) is 0 Å². The maximum absolute atomic E-state index is 12.6. The van der Waals surface area contributed by atoms with Crippen LogP contribution in [0.4, 0.5) is 0 Å². The van der Waals surface area contributed by atoms with E-state index >= 15 is 0 Å². The monoisotopic (exact) mass is 348 g/mol. The molecular formula is C13H16N8O2S. The first-order valence-corrected chi connectivity index (χ1v) is 8.36. The van der Waals surface area contributed by atoms with E-state index in [1.165, 1.54) is 4.68 Å². The van der Waals surface area contributed by atoms with Crippen LogP contribution in [-0.2, 0) is 16.1 Å². The number of aromatic nitrogens is 6. The van der Waals surface area contributed by atoms with Crippen molar-refractivity contribution in [2.24, 2.45) is 0 Å². The standard InChI is InChI=1S/C13H16N8O2S/c1-13(2)9(10-16-18-19-17-10)21-11(23)8(12(21)24-13)15-7(22)6-20-5-3-4-14-20/h3-5,8-9,12H,6H2,1-2H3,(H,15,22)(H,16,17,18,19)/t8?,9?,12-/m1/s1. The summed E-state index contributed by atoms with van der Waals surface area (Å²) in [6.45, 7) is 4.17. The number of hydrogen-bond donors (Lipinski definition) is 2. The third-order valence-electron chi connectivity index (χ3n) is 4.24. The summed E-state index contributed by atoms with van der Waals surface area (Å²) < 4.78 is 1.26. The first-order valence-electron chi connectivity index (χ1n) is 7.48. The second kappa shape index (κ2) is 5.30. The molecule has 2 unspecified atom stereocenters. The molecule has 126 valence electrons. The van der Waals surface area contributed by atoms with Gasteiger partial charge in [0, 0.05) is 17.1 Å². The van der Waals surface area contributed by atoms with Crippen LogP contribution in [0.15, 0.2) is 18.5 Å². The molecule has 0 aliphatic carbocycles. The molecule has 2 N–H and O–H groups in total. The zero-order chi connectivity index (χ0) is 16.9. The van der Waals surface area contributed by atoms with E-state index in [4.69, 9.17) is 0 Å². The number of amides is 2. The van der Waals surface area contributed by atoms with Crippen molar-refractivity contribution in [2.75, 3.05) is 0 Å². The van der Waals surface area contributed by atoms with E-state index in [9.17, 15) is 9.59 Å². The van der Waals surface area contributed by atoms with Crippen LogP contribution in [0.3, 0.4) is 0 Å². The minimum absolute atomic E-state index is 0.0903. The molecule has 11 heteroatoms. The molecule has 2 amide bonds. The van der Waals surface area contributed by atoms with Gasteiger partial charge in [0.15, 0.2) is 5.82 Å². The summed E-state index contributed by atoms with van der Waals surface area (Å²) in [5.74, 6) is 0.206. The maximum Gasteiger partial charge on any atom is 0.249 e. The van der Waals surface area contributed by atoms with Gasteiger partial charge in [0.1, 0.15) is 24.0 Å². The lowest BCUT2D eigenvalue weighted by Gasteiger charge is -2.44. The highest BCUT2D eigenvalue weighted by Gasteiger charge is 2.63. The molecule has 4 rings (SSSR count). The fourth-order valence-electron chi connectivity index (χ4n) is 3.23. The summed E-state index contributed by atoms with van der Waals surface area (Å²) in [7, 11) is 0. The number of fused-ring (bicyclic) bond motifs is 1. The van der Waals surface area contributed by atoms with Crippen LogP contribution in [-0.4, -0.2) is 63.3 Å². The molecule has 2 aromatic rings. The van der Waals surface area contributed by atoms with Crippen molar-refractivity contribution in [1.82, 2.24) is 40.6 Å². The highest BCUT2D eigenvalue weighted by molar-refractivity contribution is 8.01. The molecule has 0 aromatic carbocycles. The van der Waals surface area contributed by atoms with Crippen molar-refractivity contribution in [3.63, 3.8) is 0 Å². The lowest BCUT2D eigenvalue weighted by molar-refractivity contribution is -0.151. The first kappa shape index (κ1) is 15.1. The van der Waals surface area contributed by atoms with Crippen LogP contribution in [0, 0.1) is 0 Å². The fourth-order valence-corrected chi connectivity index (χ4v) is 4.87. The summed E-state index contributed by atoms with van der Waals surface area (Å²) in [6, 6.07) is 0.974. The van der Waals surface area contributed by atoms with E-state index in [-0.39, 0.29) is 34.5 Å². The quantitative estimate of drug-likeness (QED) is 0.702. The Balaban J connectivity index is 1.48.